The van der Waals surface area contributed by atoms with Crippen LogP contribution in [0.15, 0.2) is 29.5 Å². The summed E-state index contributed by atoms with van der Waals surface area (Å²) in [7, 11) is 0. The predicted octanol–water partition coefficient (Wildman–Crippen LogP) is 3.05. The second-order valence-corrected chi connectivity index (χ2v) is 6.77. The Hall–Kier alpha value is -1.82. The van der Waals surface area contributed by atoms with E-state index in [1.165, 1.54) is 11.1 Å². The van der Waals surface area contributed by atoms with E-state index in [4.69, 9.17) is 0 Å². The minimum absolute atomic E-state index is 0.0302. The van der Waals surface area contributed by atoms with Gasteiger partial charge in [-0.2, -0.15) is 11.3 Å². The fourth-order valence-electron chi connectivity index (χ4n) is 2.94. The maximum atomic E-state index is 12.4. The van der Waals surface area contributed by atoms with Gasteiger partial charge >= 0.3 is 6.03 Å². The maximum Gasteiger partial charge on any atom is 0.317 e. The number of carbonyl (C=O) groups is 1. The summed E-state index contributed by atoms with van der Waals surface area (Å²) in [5.41, 5.74) is 2.45. The van der Waals surface area contributed by atoms with Crippen molar-refractivity contribution in [1.29, 1.82) is 0 Å². The van der Waals surface area contributed by atoms with Crippen LogP contribution in [0.4, 0.5) is 4.79 Å². The number of amides is 2. The second-order valence-electron chi connectivity index (χ2n) is 6.03. The highest BCUT2D eigenvalue weighted by Gasteiger charge is 2.29. The molecule has 1 aliphatic rings. The molecule has 1 N–H and O–H groups in total. The van der Waals surface area contributed by atoms with Gasteiger partial charge in [-0.3, -0.25) is 0 Å². The summed E-state index contributed by atoms with van der Waals surface area (Å²) in [5, 5.41) is 7.25. The van der Waals surface area contributed by atoms with Crippen LogP contribution in [0, 0.1) is 12.8 Å². The third kappa shape index (κ3) is 3.16. The van der Waals surface area contributed by atoms with Crippen molar-refractivity contribution in [2.24, 2.45) is 5.92 Å². The lowest BCUT2D eigenvalue weighted by Gasteiger charge is -2.37. The third-order valence-electron chi connectivity index (χ3n) is 4.51. The summed E-state index contributed by atoms with van der Waals surface area (Å²) in [5.74, 6) is 0.553. The normalized spacial score (nSPS) is 21.8. The van der Waals surface area contributed by atoms with Crippen LogP contribution in [0.1, 0.15) is 30.5 Å². The van der Waals surface area contributed by atoms with Crippen LogP contribution >= 0.6 is 11.3 Å². The van der Waals surface area contributed by atoms with E-state index in [9.17, 15) is 4.79 Å². The molecule has 3 rings (SSSR count). The molecule has 0 spiro atoms. The minimum atomic E-state index is 0.0302. The highest BCUT2D eigenvalue weighted by Crippen LogP contribution is 2.27. The summed E-state index contributed by atoms with van der Waals surface area (Å²) in [4.78, 5) is 18.5. The van der Waals surface area contributed by atoms with Crippen molar-refractivity contribution < 1.29 is 4.79 Å². The molecule has 0 radical (unpaired) electrons. The quantitative estimate of drug-likeness (QED) is 0.945. The van der Waals surface area contributed by atoms with Gasteiger partial charge in [-0.05, 0) is 41.1 Å². The molecule has 1 aliphatic heterocycles. The molecule has 2 unspecified atom stereocenters. The Labute approximate surface area is 135 Å². The number of nitrogens with one attached hydrogen (secondary N) is 1. The van der Waals surface area contributed by atoms with Gasteiger partial charge in [-0.15, -0.1) is 0 Å². The molecule has 0 saturated carbocycles. The van der Waals surface area contributed by atoms with Gasteiger partial charge in [-0.1, -0.05) is 6.92 Å². The topological polar surface area (TPSA) is 50.2 Å². The Morgan fingerprint density at radius 3 is 3.05 bits per heavy atom. The first-order valence-electron chi connectivity index (χ1n) is 7.67. The lowest BCUT2D eigenvalue weighted by atomic mass is 9.93. The number of aromatic nitrogens is 2. The molecule has 1 fully saturated rings. The molecule has 1 saturated heterocycles. The number of rotatable bonds is 3. The van der Waals surface area contributed by atoms with Crippen molar-refractivity contribution in [3.63, 3.8) is 0 Å². The molecule has 0 bridgehead atoms. The molecule has 22 heavy (non-hydrogen) atoms. The highest BCUT2D eigenvalue weighted by atomic mass is 32.1. The molecule has 2 amide bonds. The summed E-state index contributed by atoms with van der Waals surface area (Å²) in [6.07, 6.45) is 6.65. The lowest BCUT2D eigenvalue weighted by Crippen LogP contribution is -2.47. The SMILES string of the molecule is Cc1cscc1CNC(=O)N1CCC(C)C(n2ccnc2)C1. The summed E-state index contributed by atoms with van der Waals surface area (Å²) in [6, 6.07) is 0.340. The summed E-state index contributed by atoms with van der Waals surface area (Å²) < 4.78 is 2.12. The number of urea groups is 1. The van der Waals surface area contributed by atoms with Crippen LogP contribution in [0.25, 0.3) is 0 Å². The number of hydrogen-bond acceptors (Lipinski definition) is 3. The molecular formula is C16H22N4OS. The van der Waals surface area contributed by atoms with Crippen molar-refractivity contribution in [2.75, 3.05) is 13.1 Å². The largest absolute Gasteiger partial charge is 0.334 e. The second kappa shape index (κ2) is 6.52. The number of thiophene rings is 1. The predicted molar refractivity (Wildman–Crippen MR) is 87.9 cm³/mol. The van der Waals surface area contributed by atoms with Gasteiger partial charge in [0.25, 0.3) is 0 Å². The molecule has 0 aliphatic carbocycles. The van der Waals surface area contributed by atoms with E-state index in [-0.39, 0.29) is 6.03 Å². The number of hydrogen-bond donors (Lipinski definition) is 1. The molecule has 118 valence electrons. The van der Waals surface area contributed by atoms with Crippen molar-refractivity contribution in [3.05, 3.63) is 40.6 Å². The van der Waals surface area contributed by atoms with Crippen molar-refractivity contribution in [1.82, 2.24) is 19.8 Å². The van der Waals surface area contributed by atoms with E-state index in [2.05, 4.69) is 39.5 Å². The molecular weight excluding hydrogens is 296 g/mol. The van der Waals surface area contributed by atoms with E-state index in [0.29, 0.717) is 18.5 Å². The van der Waals surface area contributed by atoms with Crippen molar-refractivity contribution in [3.8, 4) is 0 Å². The van der Waals surface area contributed by atoms with E-state index >= 15 is 0 Å². The molecule has 2 atom stereocenters. The fourth-order valence-corrected chi connectivity index (χ4v) is 3.79. The molecule has 5 nitrogen and oxygen atoms in total. The van der Waals surface area contributed by atoms with Crippen molar-refractivity contribution >= 4 is 17.4 Å². The van der Waals surface area contributed by atoms with Crippen LogP contribution in [0.3, 0.4) is 0 Å². The smallest absolute Gasteiger partial charge is 0.317 e. The fraction of sp³-hybridized carbons (Fsp3) is 0.500. The zero-order valence-electron chi connectivity index (χ0n) is 13.0. The number of piperidine rings is 1. The Morgan fingerprint density at radius 1 is 1.50 bits per heavy atom. The molecule has 2 aromatic rings. The zero-order chi connectivity index (χ0) is 15.5. The molecule has 6 heteroatoms. The van der Waals surface area contributed by atoms with Crippen LogP contribution in [-0.4, -0.2) is 33.6 Å². The van der Waals surface area contributed by atoms with Crippen LogP contribution in [0.5, 0.6) is 0 Å². The first kappa shape index (κ1) is 15.1. The van der Waals surface area contributed by atoms with Gasteiger partial charge in [0.05, 0.1) is 12.4 Å². The Morgan fingerprint density at radius 2 is 2.36 bits per heavy atom. The molecule has 2 aromatic heterocycles. The van der Waals surface area contributed by atoms with Gasteiger partial charge in [0.1, 0.15) is 0 Å². The minimum Gasteiger partial charge on any atom is -0.334 e. The van der Waals surface area contributed by atoms with Gasteiger partial charge in [0.15, 0.2) is 0 Å². The number of imidazole rings is 1. The van der Waals surface area contributed by atoms with Crippen LogP contribution < -0.4 is 5.32 Å². The van der Waals surface area contributed by atoms with E-state index in [1.54, 1.807) is 17.5 Å². The standard InChI is InChI=1S/C16H22N4OS/c1-12-3-5-19(8-15(12)20-6-4-17-11-20)16(21)18-7-14-10-22-9-13(14)2/h4,6,9-12,15H,3,5,7-8H2,1-2H3,(H,18,21). The Balaban J connectivity index is 1.60. The average Bonchev–Trinajstić information content (AvgIpc) is 3.17. The van der Waals surface area contributed by atoms with E-state index in [1.807, 2.05) is 17.4 Å². The van der Waals surface area contributed by atoms with Crippen molar-refractivity contribution in [2.45, 2.75) is 32.9 Å². The summed E-state index contributed by atoms with van der Waals surface area (Å²) >= 11 is 1.68. The lowest BCUT2D eigenvalue weighted by molar-refractivity contribution is 0.140. The van der Waals surface area contributed by atoms with Gasteiger partial charge in [-0.25, -0.2) is 9.78 Å². The first-order chi connectivity index (χ1) is 10.6. The zero-order valence-corrected chi connectivity index (χ0v) is 13.8. The summed E-state index contributed by atoms with van der Waals surface area (Å²) in [6.45, 7) is 6.49. The van der Waals surface area contributed by atoms with E-state index < -0.39 is 0 Å². The third-order valence-corrected chi connectivity index (χ3v) is 5.42. The van der Waals surface area contributed by atoms with E-state index in [0.717, 1.165) is 19.5 Å². The maximum absolute atomic E-state index is 12.4. The first-order valence-corrected chi connectivity index (χ1v) is 8.61. The van der Waals surface area contributed by atoms with Gasteiger partial charge < -0.3 is 14.8 Å². The number of nitrogens with zero attached hydrogens (tertiary/aromatic N) is 3. The molecule has 3 heterocycles. The number of likely N-dealkylation sites (tertiary alicyclic amines) is 1. The monoisotopic (exact) mass is 318 g/mol. The Bertz CT molecular complexity index is 622. The molecule has 0 aromatic carbocycles. The van der Waals surface area contributed by atoms with Crippen LogP contribution in [-0.2, 0) is 6.54 Å². The van der Waals surface area contributed by atoms with Gasteiger partial charge in [0.2, 0.25) is 0 Å². The Kier molecular flexibility index (Phi) is 4.47. The highest BCUT2D eigenvalue weighted by molar-refractivity contribution is 7.08. The van der Waals surface area contributed by atoms with Crippen LogP contribution in [0.2, 0.25) is 0 Å². The number of aryl methyl sites for hydroxylation is 1. The number of carbonyl (C=O) groups excluding carboxylic acids is 1. The average molecular weight is 318 g/mol. The van der Waals surface area contributed by atoms with Gasteiger partial charge in [0, 0.05) is 32.0 Å².